The predicted octanol–water partition coefficient (Wildman–Crippen LogP) is 3.65. The largest absolute Gasteiger partial charge is 0.381 e. The van der Waals surface area contributed by atoms with E-state index >= 15 is 0 Å². The summed E-state index contributed by atoms with van der Waals surface area (Å²) < 4.78 is 6.56. The highest BCUT2D eigenvalue weighted by Crippen LogP contribution is 2.29. The summed E-state index contributed by atoms with van der Waals surface area (Å²) in [5.74, 6) is 0.694. The van der Waals surface area contributed by atoms with Gasteiger partial charge in [0.1, 0.15) is 0 Å². The summed E-state index contributed by atoms with van der Waals surface area (Å²) in [6.07, 6.45) is 2.33. The van der Waals surface area contributed by atoms with Gasteiger partial charge in [-0.2, -0.15) is 0 Å². The van der Waals surface area contributed by atoms with Gasteiger partial charge in [-0.05, 0) is 48.9 Å². The molecule has 0 amide bonds. The number of hydrogen-bond acceptors (Lipinski definition) is 1. The number of rotatable bonds is 1. The Kier molecular flexibility index (Phi) is 3.24. The average Bonchev–Trinajstić information content (AvgIpc) is 2.18. The van der Waals surface area contributed by atoms with E-state index in [2.05, 4.69) is 41.1 Å². The first kappa shape index (κ1) is 10.2. The van der Waals surface area contributed by atoms with E-state index in [-0.39, 0.29) is 0 Å². The standard InChI is InChI=1S/C12H15BrO/c1-9-6-11(8-12(13)7-9)10-2-4-14-5-3-10/h6-8,10H,2-5H2,1H3. The molecule has 0 radical (unpaired) electrons. The van der Waals surface area contributed by atoms with Gasteiger partial charge in [-0.25, -0.2) is 0 Å². The van der Waals surface area contributed by atoms with E-state index in [4.69, 9.17) is 4.74 Å². The molecule has 14 heavy (non-hydrogen) atoms. The van der Waals surface area contributed by atoms with Crippen molar-refractivity contribution in [2.45, 2.75) is 25.7 Å². The van der Waals surface area contributed by atoms with Gasteiger partial charge in [0.2, 0.25) is 0 Å². The van der Waals surface area contributed by atoms with Gasteiger partial charge in [0.05, 0.1) is 0 Å². The molecule has 2 heteroatoms. The zero-order chi connectivity index (χ0) is 9.97. The van der Waals surface area contributed by atoms with Crippen LogP contribution in [0.5, 0.6) is 0 Å². The summed E-state index contributed by atoms with van der Waals surface area (Å²) in [6.45, 7) is 3.97. The topological polar surface area (TPSA) is 9.23 Å². The molecule has 0 N–H and O–H groups in total. The van der Waals surface area contributed by atoms with Crippen LogP contribution in [0.25, 0.3) is 0 Å². The fraction of sp³-hybridized carbons (Fsp3) is 0.500. The highest BCUT2D eigenvalue weighted by molar-refractivity contribution is 9.10. The smallest absolute Gasteiger partial charge is 0.0471 e. The lowest BCUT2D eigenvalue weighted by atomic mass is 9.91. The van der Waals surface area contributed by atoms with Crippen molar-refractivity contribution in [3.63, 3.8) is 0 Å². The summed E-state index contributed by atoms with van der Waals surface area (Å²) in [4.78, 5) is 0. The second kappa shape index (κ2) is 4.45. The Balaban J connectivity index is 2.21. The highest BCUT2D eigenvalue weighted by atomic mass is 79.9. The molecule has 0 atom stereocenters. The molecule has 1 aromatic rings. The van der Waals surface area contributed by atoms with Gasteiger partial charge in [0.15, 0.2) is 0 Å². The van der Waals surface area contributed by atoms with E-state index < -0.39 is 0 Å². The Morgan fingerprint density at radius 1 is 1.21 bits per heavy atom. The van der Waals surface area contributed by atoms with Gasteiger partial charge < -0.3 is 4.74 Å². The molecule has 1 nitrogen and oxygen atoms in total. The van der Waals surface area contributed by atoms with Crippen LogP contribution in [-0.4, -0.2) is 13.2 Å². The van der Waals surface area contributed by atoms with Crippen LogP contribution >= 0.6 is 15.9 Å². The number of halogens is 1. The molecule has 0 spiro atoms. The van der Waals surface area contributed by atoms with Crippen LogP contribution in [0.4, 0.5) is 0 Å². The third-order valence-corrected chi connectivity index (χ3v) is 3.21. The minimum Gasteiger partial charge on any atom is -0.381 e. The van der Waals surface area contributed by atoms with E-state index in [0.29, 0.717) is 5.92 Å². The van der Waals surface area contributed by atoms with E-state index in [9.17, 15) is 0 Å². The first-order chi connectivity index (χ1) is 6.75. The number of ether oxygens (including phenoxy) is 1. The molecule has 1 aromatic carbocycles. The SMILES string of the molecule is Cc1cc(Br)cc(C2CCOCC2)c1. The van der Waals surface area contributed by atoms with Gasteiger partial charge in [-0.1, -0.05) is 22.0 Å². The molecule has 0 bridgehead atoms. The Bertz CT molecular complexity index is 296. The molecule has 1 saturated heterocycles. The molecule has 76 valence electrons. The predicted molar refractivity (Wildman–Crippen MR) is 61.7 cm³/mol. The number of aryl methyl sites for hydroxylation is 1. The van der Waals surface area contributed by atoms with E-state index in [1.54, 1.807) is 0 Å². The maximum absolute atomic E-state index is 5.37. The van der Waals surface area contributed by atoms with Gasteiger partial charge in [0.25, 0.3) is 0 Å². The fourth-order valence-corrected chi connectivity index (χ4v) is 2.66. The molecule has 1 aliphatic rings. The Morgan fingerprint density at radius 2 is 1.93 bits per heavy atom. The lowest BCUT2D eigenvalue weighted by Crippen LogP contribution is -2.14. The number of hydrogen-bond donors (Lipinski definition) is 0. The third-order valence-electron chi connectivity index (χ3n) is 2.76. The molecule has 1 fully saturated rings. The van der Waals surface area contributed by atoms with Crippen molar-refractivity contribution in [2.24, 2.45) is 0 Å². The van der Waals surface area contributed by atoms with E-state index in [1.807, 2.05) is 0 Å². The summed E-state index contributed by atoms with van der Waals surface area (Å²) in [5, 5.41) is 0. The Morgan fingerprint density at radius 3 is 2.57 bits per heavy atom. The van der Waals surface area contributed by atoms with Crippen LogP contribution in [0, 0.1) is 6.92 Å². The van der Waals surface area contributed by atoms with Crippen LogP contribution in [0.3, 0.4) is 0 Å². The second-order valence-corrected chi connectivity index (χ2v) is 4.86. The molecular formula is C12H15BrO. The zero-order valence-corrected chi connectivity index (χ0v) is 10.0. The van der Waals surface area contributed by atoms with E-state index in [0.717, 1.165) is 26.1 Å². The van der Waals surface area contributed by atoms with Crippen LogP contribution < -0.4 is 0 Å². The molecule has 1 heterocycles. The lowest BCUT2D eigenvalue weighted by Gasteiger charge is -2.22. The van der Waals surface area contributed by atoms with Gasteiger partial charge in [0, 0.05) is 17.7 Å². The highest BCUT2D eigenvalue weighted by Gasteiger charge is 2.16. The van der Waals surface area contributed by atoms with Gasteiger partial charge in [-0.15, -0.1) is 0 Å². The quantitative estimate of drug-likeness (QED) is 0.744. The number of benzene rings is 1. The first-order valence-corrected chi connectivity index (χ1v) is 5.90. The summed E-state index contributed by atoms with van der Waals surface area (Å²) in [5.41, 5.74) is 2.79. The van der Waals surface area contributed by atoms with Crippen LogP contribution in [0.1, 0.15) is 29.9 Å². The molecule has 1 aliphatic heterocycles. The van der Waals surface area contributed by atoms with Crippen LogP contribution in [0.2, 0.25) is 0 Å². The second-order valence-electron chi connectivity index (χ2n) is 3.95. The molecule has 2 rings (SSSR count). The van der Waals surface area contributed by atoms with E-state index in [1.165, 1.54) is 15.6 Å². The molecule has 0 unspecified atom stereocenters. The normalized spacial score (nSPS) is 18.4. The van der Waals surface area contributed by atoms with Crippen molar-refractivity contribution < 1.29 is 4.74 Å². The first-order valence-electron chi connectivity index (χ1n) is 5.10. The summed E-state index contributed by atoms with van der Waals surface area (Å²) in [7, 11) is 0. The molecule has 0 aromatic heterocycles. The summed E-state index contributed by atoms with van der Waals surface area (Å²) >= 11 is 3.55. The van der Waals surface area contributed by atoms with Crippen molar-refractivity contribution in [3.05, 3.63) is 33.8 Å². The minimum absolute atomic E-state index is 0.694. The monoisotopic (exact) mass is 254 g/mol. The summed E-state index contributed by atoms with van der Waals surface area (Å²) in [6, 6.07) is 6.69. The average molecular weight is 255 g/mol. The molecule has 0 aliphatic carbocycles. The Labute approximate surface area is 93.6 Å². The Hall–Kier alpha value is -0.340. The van der Waals surface area contributed by atoms with Crippen molar-refractivity contribution >= 4 is 15.9 Å². The van der Waals surface area contributed by atoms with Crippen molar-refractivity contribution in [3.8, 4) is 0 Å². The maximum Gasteiger partial charge on any atom is 0.0471 e. The van der Waals surface area contributed by atoms with Crippen molar-refractivity contribution in [1.29, 1.82) is 0 Å². The zero-order valence-electron chi connectivity index (χ0n) is 8.42. The van der Waals surface area contributed by atoms with Crippen LogP contribution in [0.15, 0.2) is 22.7 Å². The van der Waals surface area contributed by atoms with Gasteiger partial charge >= 0.3 is 0 Å². The maximum atomic E-state index is 5.37. The van der Waals surface area contributed by atoms with Crippen LogP contribution in [-0.2, 0) is 4.74 Å². The van der Waals surface area contributed by atoms with Crippen molar-refractivity contribution in [2.75, 3.05) is 13.2 Å². The van der Waals surface area contributed by atoms with Crippen molar-refractivity contribution in [1.82, 2.24) is 0 Å². The molecule has 0 saturated carbocycles. The molecular weight excluding hydrogens is 240 g/mol. The minimum atomic E-state index is 0.694. The lowest BCUT2D eigenvalue weighted by molar-refractivity contribution is 0.0853. The van der Waals surface area contributed by atoms with Gasteiger partial charge in [-0.3, -0.25) is 0 Å². The third kappa shape index (κ3) is 2.37. The fourth-order valence-electron chi connectivity index (χ4n) is 2.03.